The summed E-state index contributed by atoms with van der Waals surface area (Å²) < 4.78 is 10.8. The first-order valence-electron chi connectivity index (χ1n) is 8.67. The molecule has 1 N–H and O–H groups in total. The summed E-state index contributed by atoms with van der Waals surface area (Å²) in [5.41, 5.74) is 2.28. The van der Waals surface area contributed by atoms with E-state index in [2.05, 4.69) is 20.4 Å². The Morgan fingerprint density at radius 2 is 1.96 bits per heavy atom. The number of aryl methyl sites for hydroxylation is 1. The number of carbonyl (C=O) groups excluding carboxylic acids is 1. The molecule has 25 heavy (non-hydrogen) atoms. The molecule has 1 saturated heterocycles. The molecule has 2 heterocycles. The highest BCUT2D eigenvalue weighted by atomic mass is 16.5. The van der Waals surface area contributed by atoms with Crippen molar-refractivity contribution in [3.05, 3.63) is 47.2 Å². The second-order valence-electron chi connectivity index (χ2n) is 6.23. The first kappa shape index (κ1) is 17.6. The summed E-state index contributed by atoms with van der Waals surface area (Å²) in [5.74, 6) is 0.153. The quantitative estimate of drug-likeness (QED) is 0.765. The number of amides is 1. The zero-order valence-electron chi connectivity index (χ0n) is 14.5. The van der Waals surface area contributed by atoms with Crippen molar-refractivity contribution in [2.24, 2.45) is 0 Å². The van der Waals surface area contributed by atoms with E-state index < -0.39 is 0 Å². The van der Waals surface area contributed by atoms with E-state index >= 15 is 0 Å². The van der Waals surface area contributed by atoms with Gasteiger partial charge in [0.15, 0.2) is 0 Å². The van der Waals surface area contributed by atoms with Gasteiger partial charge in [-0.1, -0.05) is 29.8 Å². The molecule has 1 aliphatic rings. The summed E-state index contributed by atoms with van der Waals surface area (Å²) in [6.07, 6.45) is 1.41. The molecule has 0 aliphatic carbocycles. The van der Waals surface area contributed by atoms with Crippen molar-refractivity contribution in [1.82, 2.24) is 20.4 Å². The maximum Gasteiger partial charge on any atom is 0.308 e. The maximum absolute atomic E-state index is 12.1. The molecule has 1 fully saturated rings. The fraction of sp³-hybridized carbons (Fsp3) is 0.500. The van der Waals surface area contributed by atoms with E-state index in [-0.39, 0.29) is 11.8 Å². The van der Waals surface area contributed by atoms with Crippen LogP contribution in [-0.2, 0) is 11.2 Å². The first-order valence-corrected chi connectivity index (χ1v) is 8.67. The predicted molar refractivity (Wildman–Crippen MR) is 92.5 cm³/mol. The smallest absolute Gasteiger partial charge is 0.308 e. The van der Waals surface area contributed by atoms with E-state index in [9.17, 15) is 4.79 Å². The third-order valence-corrected chi connectivity index (χ3v) is 4.18. The number of rotatable bonds is 7. The summed E-state index contributed by atoms with van der Waals surface area (Å²) in [6, 6.07) is 8.11. The molecule has 1 aromatic carbocycles. The van der Waals surface area contributed by atoms with Crippen LogP contribution in [0.1, 0.15) is 34.1 Å². The predicted octanol–water partition coefficient (Wildman–Crippen LogP) is 1.42. The average molecular weight is 344 g/mol. The Bertz CT molecular complexity index is 678. The van der Waals surface area contributed by atoms with E-state index in [1.54, 1.807) is 0 Å². The Labute approximate surface area is 147 Å². The zero-order valence-corrected chi connectivity index (χ0v) is 14.5. The van der Waals surface area contributed by atoms with Crippen LogP contribution >= 0.6 is 0 Å². The van der Waals surface area contributed by atoms with Crippen molar-refractivity contribution in [2.75, 3.05) is 39.4 Å². The molecule has 0 unspecified atom stereocenters. The van der Waals surface area contributed by atoms with Crippen LogP contribution in [0.5, 0.6) is 0 Å². The Kier molecular flexibility index (Phi) is 6.14. The van der Waals surface area contributed by atoms with Crippen LogP contribution in [0, 0.1) is 6.92 Å². The zero-order chi connectivity index (χ0) is 17.5. The van der Waals surface area contributed by atoms with Crippen molar-refractivity contribution in [3.63, 3.8) is 0 Å². The number of benzene rings is 1. The fourth-order valence-electron chi connectivity index (χ4n) is 2.70. The minimum atomic E-state index is -0.315. The largest absolute Gasteiger partial charge is 0.417 e. The van der Waals surface area contributed by atoms with Gasteiger partial charge in [-0.05, 0) is 25.5 Å². The van der Waals surface area contributed by atoms with Crippen molar-refractivity contribution in [1.29, 1.82) is 0 Å². The van der Waals surface area contributed by atoms with Crippen LogP contribution in [0.4, 0.5) is 0 Å². The molecule has 7 nitrogen and oxygen atoms in total. The van der Waals surface area contributed by atoms with Gasteiger partial charge in [-0.3, -0.25) is 9.69 Å². The number of ether oxygens (including phenoxy) is 1. The second-order valence-corrected chi connectivity index (χ2v) is 6.23. The molecule has 0 atom stereocenters. The van der Waals surface area contributed by atoms with Crippen LogP contribution in [0.15, 0.2) is 28.7 Å². The van der Waals surface area contributed by atoms with Gasteiger partial charge in [0.05, 0.1) is 19.6 Å². The summed E-state index contributed by atoms with van der Waals surface area (Å²) in [6.45, 7) is 7.08. The second kappa shape index (κ2) is 8.73. The highest BCUT2D eigenvalue weighted by molar-refractivity contribution is 5.89. The number of aromatic nitrogens is 2. The van der Waals surface area contributed by atoms with Gasteiger partial charge >= 0.3 is 11.8 Å². The third kappa shape index (κ3) is 5.37. The highest BCUT2D eigenvalue weighted by Gasteiger charge is 2.15. The summed E-state index contributed by atoms with van der Waals surface area (Å²) in [4.78, 5) is 14.4. The number of nitrogens with one attached hydrogen (secondary N) is 1. The molecule has 2 aromatic rings. The van der Waals surface area contributed by atoms with Gasteiger partial charge < -0.3 is 14.5 Å². The molecule has 0 radical (unpaired) electrons. The van der Waals surface area contributed by atoms with Crippen molar-refractivity contribution in [3.8, 4) is 0 Å². The normalized spacial score (nSPS) is 15.2. The van der Waals surface area contributed by atoms with Gasteiger partial charge in [0.1, 0.15) is 0 Å². The van der Waals surface area contributed by atoms with Crippen LogP contribution in [0.25, 0.3) is 0 Å². The van der Waals surface area contributed by atoms with E-state index in [0.29, 0.717) is 18.9 Å². The van der Waals surface area contributed by atoms with Gasteiger partial charge in [-0.25, -0.2) is 0 Å². The van der Waals surface area contributed by atoms with Crippen LogP contribution in [-0.4, -0.2) is 60.4 Å². The Morgan fingerprint density at radius 1 is 1.20 bits per heavy atom. The van der Waals surface area contributed by atoms with Crippen LogP contribution in [0.3, 0.4) is 0 Å². The Balaban J connectivity index is 1.41. The summed E-state index contributed by atoms with van der Waals surface area (Å²) >= 11 is 0. The van der Waals surface area contributed by atoms with Crippen LogP contribution in [0.2, 0.25) is 0 Å². The lowest BCUT2D eigenvalue weighted by Gasteiger charge is -2.26. The number of nitrogens with zero attached hydrogens (tertiary/aromatic N) is 3. The molecule has 1 amide bonds. The molecule has 7 heteroatoms. The SMILES string of the molecule is Cc1ccc(Cc2nnc(C(=O)NCCCN3CCOCC3)o2)cc1. The van der Waals surface area contributed by atoms with Crippen molar-refractivity contribution < 1.29 is 13.9 Å². The molecule has 0 bridgehead atoms. The van der Waals surface area contributed by atoms with Gasteiger partial charge in [0, 0.05) is 19.6 Å². The van der Waals surface area contributed by atoms with Crippen molar-refractivity contribution >= 4 is 5.91 Å². The summed E-state index contributed by atoms with van der Waals surface area (Å²) in [7, 11) is 0. The minimum Gasteiger partial charge on any atom is -0.417 e. The first-order chi connectivity index (χ1) is 12.2. The van der Waals surface area contributed by atoms with E-state index in [0.717, 1.165) is 44.8 Å². The minimum absolute atomic E-state index is 0.0217. The van der Waals surface area contributed by atoms with E-state index in [1.807, 2.05) is 31.2 Å². The van der Waals surface area contributed by atoms with Crippen molar-refractivity contribution in [2.45, 2.75) is 19.8 Å². The monoisotopic (exact) mass is 344 g/mol. The lowest BCUT2D eigenvalue weighted by Crippen LogP contribution is -2.38. The number of hydrogen-bond donors (Lipinski definition) is 1. The number of morpholine rings is 1. The number of carbonyl (C=O) groups is 1. The maximum atomic E-state index is 12.1. The Hall–Kier alpha value is -2.25. The van der Waals surface area contributed by atoms with Gasteiger partial charge in [0.2, 0.25) is 5.89 Å². The fourth-order valence-corrected chi connectivity index (χ4v) is 2.70. The Morgan fingerprint density at radius 3 is 2.72 bits per heavy atom. The molecule has 1 aliphatic heterocycles. The highest BCUT2D eigenvalue weighted by Crippen LogP contribution is 2.10. The molecule has 0 spiro atoms. The topological polar surface area (TPSA) is 80.5 Å². The average Bonchev–Trinajstić information content (AvgIpc) is 3.10. The van der Waals surface area contributed by atoms with Crippen LogP contribution < -0.4 is 5.32 Å². The van der Waals surface area contributed by atoms with Gasteiger partial charge in [-0.2, -0.15) is 0 Å². The standard InChI is InChI=1S/C18H24N4O3/c1-14-3-5-15(6-4-14)13-16-20-21-18(25-16)17(23)19-7-2-8-22-9-11-24-12-10-22/h3-6H,2,7-13H2,1H3,(H,19,23). The molecule has 1 aromatic heterocycles. The molecule has 3 rings (SSSR count). The third-order valence-electron chi connectivity index (χ3n) is 4.18. The lowest BCUT2D eigenvalue weighted by molar-refractivity contribution is 0.0374. The molecular formula is C18H24N4O3. The number of hydrogen-bond acceptors (Lipinski definition) is 6. The lowest BCUT2D eigenvalue weighted by atomic mass is 10.1. The molecular weight excluding hydrogens is 320 g/mol. The van der Waals surface area contributed by atoms with E-state index in [1.165, 1.54) is 5.56 Å². The summed E-state index contributed by atoms with van der Waals surface area (Å²) in [5, 5.41) is 10.6. The molecule has 0 saturated carbocycles. The molecule has 134 valence electrons. The van der Waals surface area contributed by atoms with E-state index in [4.69, 9.17) is 9.15 Å². The van der Waals surface area contributed by atoms with Gasteiger partial charge in [-0.15, -0.1) is 10.2 Å². The van der Waals surface area contributed by atoms with Gasteiger partial charge in [0.25, 0.3) is 0 Å².